The molecule has 0 saturated carbocycles. The van der Waals surface area contributed by atoms with Crippen LogP contribution >= 0.6 is 0 Å². The highest BCUT2D eigenvalue weighted by atomic mass is 16.3. The van der Waals surface area contributed by atoms with Crippen LogP contribution < -0.4 is 4.90 Å². The van der Waals surface area contributed by atoms with Crippen molar-refractivity contribution in [1.29, 1.82) is 0 Å². The summed E-state index contributed by atoms with van der Waals surface area (Å²) in [5.41, 5.74) is 20.4. The monoisotopic (exact) mass is 894 g/mol. The summed E-state index contributed by atoms with van der Waals surface area (Å²) in [5.74, 6) is 0. The number of hydrogen-bond acceptors (Lipinski definition) is 2. The number of para-hydroxylation sites is 4. The van der Waals surface area contributed by atoms with Gasteiger partial charge in [0.2, 0.25) is 0 Å². The minimum Gasteiger partial charge on any atom is -0.455 e. The second-order valence-electron chi connectivity index (χ2n) is 19.2. The van der Waals surface area contributed by atoms with Crippen LogP contribution in [0.5, 0.6) is 0 Å². The number of aromatic nitrogens is 1. The SMILES string of the molecule is CC1(C)c2ccccc2-c2ccc(-c3ccc(N(c4ccccc4-c4ccc5ccccc5c4)c4ccc5c(oc6ccccc65)c4-c4ccc(-n5c6ccccc6c6ccccc65)cc4)cc3)cc21. The molecule has 330 valence electrons. The summed E-state index contributed by atoms with van der Waals surface area (Å²) in [4.78, 5) is 2.44. The van der Waals surface area contributed by atoms with Gasteiger partial charge in [0.25, 0.3) is 0 Å². The molecule has 2 aromatic heterocycles. The van der Waals surface area contributed by atoms with E-state index in [-0.39, 0.29) is 5.41 Å². The average molecular weight is 895 g/mol. The zero-order valence-corrected chi connectivity index (χ0v) is 38.9. The van der Waals surface area contributed by atoms with Gasteiger partial charge in [0.15, 0.2) is 0 Å². The third kappa shape index (κ3) is 6.15. The molecule has 0 unspecified atom stereocenters. The number of fused-ring (bicyclic) bond motifs is 10. The smallest absolute Gasteiger partial charge is 0.145 e. The van der Waals surface area contributed by atoms with Crippen LogP contribution in [0.1, 0.15) is 25.0 Å². The standard InChI is InChI=1S/C67H46N2O/c1-67(2)58-22-10-5-18-52(58)53-38-33-47(42-59(53)67)44-29-34-50(35-30-44)69(60-23-11-6-17-51(60)48-28-27-43-15-3-4-16-46(43)41-48)63-40-39-57-56-21-9-14-26-64(56)70-66(57)65(63)45-31-36-49(37-32-45)68-61-24-12-7-19-54(61)55-20-8-13-25-62(55)68/h3-42H,1-2H3. The summed E-state index contributed by atoms with van der Waals surface area (Å²) >= 11 is 0. The molecule has 1 aliphatic carbocycles. The van der Waals surface area contributed by atoms with Crippen molar-refractivity contribution in [2.24, 2.45) is 0 Å². The lowest BCUT2D eigenvalue weighted by molar-refractivity contribution is 0.660. The van der Waals surface area contributed by atoms with Crippen LogP contribution in [0.3, 0.4) is 0 Å². The minimum atomic E-state index is -0.0848. The van der Waals surface area contributed by atoms with Crippen LogP contribution in [0.25, 0.3) is 105 Å². The van der Waals surface area contributed by atoms with E-state index in [1.165, 1.54) is 66.0 Å². The summed E-state index contributed by atoms with van der Waals surface area (Å²) in [6.07, 6.45) is 0. The first-order chi connectivity index (χ1) is 34.5. The van der Waals surface area contributed by atoms with Gasteiger partial charge >= 0.3 is 0 Å². The molecule has 0 saturated heterocycles. The summed E-state index contributed by atoms with van der Waals surface area (Å²) in [6, 6.07) is 88.7. The molecule has 70 heavy (non-hydrogen) atoms. The number of anilines is 3. The quantitative estimate of drug-likeness (QED) is 0.159. The molecule has 0 spiro atoms. The Kier molecular flexibility index (Phi) is 8.93. The van der Waals surface area contributed by atoms with Gasteiger partial charge in [-0.05, 0) is 128 Å². The Balaban J connectivity index is 0.975. The van der Waals surface area contributed by atoms with E-state index in [0.717, 1.165) is 66.9 Å². The number of furan rings is 1. The van der Waals surface area contributed by atoms with E-state index < -0.39 is 0 Å². The second kappa shape index (κ2) is 15.6. The molecule has 0 fully saturated rings. The van der Waals surface area contributed by atoms with Crippen molar-refractivity contribution >= 4 is 71.6 Å². The van der Waals surface area contributed by atoms with Gasteiger partial charge in [-0.3, -0.25) is 0 Å². The van der Waals surface area contributed by atoms with Crippen molar-refractivity contribution in [2.75, 3.05) is 4.90 Å². The van der Waals surface area contributed by atoms with Gasteiger partial charge in [-0.2, -0.15) is 0 Å². The molecule has 13 aromatic rings. The molecule has 0 bridgehead atoms. The first-order valence-corrected chi connectivity index (χ1v) is 24.2. The molecule has 3 heteroatoms. The Labute approximate surface area is 406 Å². The Hall–Kier alpha value is -8.92. The zero-order chi connectivity index (χ0) is 46.5. The third-order valence-corrected chi connectivity index (χ3v) is 15.0. The lowest BCUT2D eigenvalue weighted by Crippen LogP contribution is -2.14. The highest BCUT2D eigenvalue weighted by molar-refractivity contribution is 6.14. The number of nitrogens with zero attached hydrogens (tertiary/aromatic N) is 2. The molecule has 0 aliphatic heterocycles. The van der Waals surface area contributed by atoms with Crippen molar-refractivity contribution in [3.8, 4) is 50.2 Å². The van der Waals surface area contributed by atoms with Crippen molar-refractivity contribution in [1.82, 2.24) is 4.57 Å². The van der Waals surface area contributed by atoms with Crippen LogP contribution in [0, 0.1) is 0 Å². The molecule has 14 rings (SSSR count). The fourth-order valence-electron chi connectivity index (χ4n) is 11.6. The van der Waals surface area contributed by atoms with E-state index in [4.69, 9.17) is 4.42 Å². The van der Waals surface area contributed by atoms with Crippen LogP contribution in [-0.2, 0) is 5.41 Å². The second-order valence-corrected chi connectivity index (χ2v) is 19.2. The van der Waals surface area contributed by atoms with Gasteiger partial charge in [-0.25, -0.2) is 0 Å². The van der Waals surface area contributed by atoms with E-state index in [2.05, 4.69) is 266 Å². The van der Waals surface area contributed by atoms with Gasteiger partial charge < -0.3 is 13.9 Å². The fourth-order valence-corrected chi connectivity index (χ4v) is 11.6. The maximum absolute atomic E-state index is 7.00. The van der Waals surface area contributed by atoms with Crippen molar-refractivity contribution in [2.45, 2.75) is 19.3 Å². The van der Waals surface area contributed by atoms with Gasteiger partial charge in [0.1, 0.15) is 11.2 Å². The molecule has 11 aromatic carbocycles. The van der Waals surface area contributed by atoms with Crippen LogP contribution in [0.2, 0.25) is 0 Å². The van der Waals surface area contributed by atoms with Crippen LogP contribution in [-0.4, -0.2) is 4.57 Å². The first kappa shape index (κ1) is 40.2. The lowest BCUT2D eigenvalue weighted by atomic mass is 9.81. The number of rotatable bonds is 7. The van der Waals surface area contributed by atoms with Crippen LogP contribution in [0.15, 0.2) is 247 Å². The van der Waals surface area contributed by atoms with E-state index in [1.54, 1.807) is 0 Å². The molecule has 1 aliphatic rings. The highest BCUT2D eigenvalue weighted by Crippen LogP contribution is 2.51. The normalized spacial score (nSPS) is 12.8. The molecular weight excluding hydrogens is 849 g/mol. The average Bonchev–Trinajstić information content (AvgIpc) is 4.04. The Morgan fingerprint density at radius 1 is 0.386 bits per heavy atom. The molecule has 0 N–H and O–H groups in total. The zero-order valence-electron chi connectivity index (χ0n) is 38.9. The van der Waals surface area contributed by atoms with Crippen molar-refractivity contribution < 1.29 is 4.42 Å². The van der Waals surface area contributed by atoms with Gasteiger partial charge in [0, 0.05) is 49.5 Å². The summed E-state index contributed by atoms with van der Waals surface area (Å²) in [7, 11) is 0. The van der Waals surface area contributed by atoms with Crippen molar-refractivity contribution in [3.05, 3.63) is 254 Å². The van der Waals surface area contributed by atoms with Gasteiger partial charge in [-0.1, -0.05) is 184 Å². The van der Waals surface area contributed by atoms with Crippen LogP contribution in [0.4, 0.5) is 17.1 Å². The summed E-state index contributed by atoms with van der Waals surface area (Å²) < 4.78 is 9.38. The predicted octanol–water partition coefficient (Wildman–Crippen LogP) is 18.6. The minimum absolute atomic E-state index is 0.0848. The maximum atomic E-state index is 7.00. The molecule has 0 radical (unpaired) electrons. The van der Waals surface area contributed by atoms with E-state index in [1.807, 2.05) is 0 Å². The van der Waals surface area contributed by atoms with E-state index >= 15 is 0 Å². The first-order valence-electron chi connectivity index (χ1n) is 24.2. The Morgan fingerprint density at radius 2 is 0.986 bits per heavy atom. The summed E-state index contributed by atoms with van der Waals surface area (Å²) in [5, 5.41) is 7.10. The topological polar surface area (TPSA) is 21.3 Å². The molecule has 0 atom stereocenters. The lowest BCUT2D eigenvalue weighted by Gasteiger charge is -2.30. The van der Waals surface area contributed by atoms with Crippen molar-refractivity contribution in [3.63, 3.8) is 0 Å². The van der Waals surface area contributed by atoms with Gasteiger partial charge in [-0.15, -0.1) is 0 Å². The third-order valence-electron chi connectivity index (χ3n) is 15.0. The van der Waals surface area contributed by atoms with E-state index in [9.17, 15) is 0 Å². The highest BCUT2D eigenvalue weighted by Gasteiger charge is 2.35. The Morgan fingerprint density at radius 3 is 1.77 bits per heavy atom. The molecule has 3 nitrogen and oxygen atoms in total. The molecular formula is C67H46N2O. The van der Waals surface area contributed by atoms with Gasteiger partial charge in [0.05, 0.1) is 22.4 Å². The Bertz CT molecular complexity index is 4150. The molecule has 0 amide bonds. The predicted molar refractivity (Wildman–Crippen MR) is 294 cm³/mol. The molecule has 2 heterocycles. The fraction of sp³-hybridized carbons (Fsp3) is 0.0448. The maximum Gasteiger partial charge on any atom is 0.145 e. The number of benzene rings is 11. The van der Waals surface area contributed by atoms with E-state index in [0.29, 0.717) is 0 Å². The summed E-state index contributed by atoms with van der Waals surface area (Å²) in [6.45, 7) is 4.70. The number of hydrogen-bond donors (Lipinski definition) is 0. The largest absolute Gasteiger partial charge is 0.455 e.